The number of imide groups is 1. The molecule has 2 aromatic rings. The maximum atomic E-state index is 12.7. The summed E-state index contributed by atoms with van der Waals surface area (Å²) in [5.74, 6) is 0.421. The Hall–Kier alpha value is -2.51. The second-order valence-corrected chi connectivity index (χ2v) is 8.70. The summed E-state index contributed by atoms with van der Waals surface area (Å²) in [6, 6.07) is 10.8. The summed E-state index contributed by atoms with van der Waals surface area (Å²) in [7, 11) is 0. The number of nitrogens with zero attached hydrogens (tertiary/aromatic N) is 2. The van der Waals surface area contributed by atoms with Gasteiger partial charge in [-0.05, 0) is 48.9 Å². The molecular formula is C22H21ClN2O4S. The average Bonchev–Trinajstić information content (AvgIpc) is 3.16. The van der Waals surface area contributed by atoms with Gasteiger partial charge in [0.15, 0.2) is 0 Å². The Morgan fingerprint density at radius 2 is 1.87 bits per heavy atom. The topological polar surface area (TPSA) is 70.8 Å². The van der Waals surface area contributed by atoms with E-state index < -0.39 is 11.1 Å². The maximum Gasteiger partial charge on any atom is 0.294 e. The quantitative estimate of drug-likeness (QED) is 0.618. The number of amides is 3. The predicted octanol–water partition coefficient (Wildman–Crippen LogP) is 5.04. The molecule has 0 saturated carbocycles. The van der Waals surface area contributed by atoms with Gasteiger partial charge in [-0.3, -0.25) is 19.3 Å². The smallest absolute Gasteiger partial charge is 0.294 e. The fraction of sp³-hybridized carbons (Fsp3) is 0.318. The van der Waals surface area contributed by atoms with Gasteiger partial charge in [0.25, 0.3) is 11.1 Å². The van der Waals surface area contributed by atoms with Gasteiger partial charge in [0.05, 0.1) is 4.91 Å². The minimum Gasteiger partial charge on any atom is -0.457 e. The zero-order chi connectivity index (χ0) is 21.1. The second-order valence-electron chi connectivity index (χ2n) is 7.28. The normalized spacial score (nSPS) is 18.9. The van der Waals surface area contributed by atoms with Crippen molar-refractivity contribution < 1.29 is 18.8 Å². The molecule has 0 unspecified atom stereocenters. The van der Waals surface area contributed by atoms with Crippen molar-refractivity contribution >= 4 is 46.5 Å². The number of benzene rings is 1. The molecule has 0 radical (unpaired) electrons. The van der Waals surface area contributed by atoms with E-state index in [4.69, 9.17) is 16.0 Å². The number of furan rings is 1. The number of carbonyl (C=O) groups is 3. The largest absolute Gasteiger partial charge is 0.457 e. The lowest BCUT2D eigenvalue weighted by Crippen LogP contribution is -2.42. The number of carbonyl (C=O) groups excluding carboxylic acids is 3. The molecule has 156 valence electrons. The minimum absolute atomic E-state index is 0.179. The third-order valence-electron chi connectivity index (χ3n) is 5.14. The first-order chi connectivity index (χ1) is 14.5. The van der Waals surface area contributed by atoms with E-state index in [9.17, 15) is 14.4 Å². The van der Waals surface area contributed by atoms with Crippen LogP contribution in [0.3, 0.4) is 0 Å². The summed E-state index contributed by atoms with van der Waals surface area (Å²) in [5, 5.41) is 0.164. The molecule has 4 rings (SSSR count). The van der Waals surface area contributed by atoms with Crippen LogP contribution in [0.25, 0.3) is 17.4 Å². The molecule has 2 aliphatic rings. The van der Waals surface area contributed by atoms with Gasteiger partial charge in [-0.2, -0.15) is 0 Å². The van der Waals surface area contributed by atoms with Crippen molar-refractivity contribution in [2.45, 2.75) is 25.7 Å². The van der Waals surface area contributed by atoms with Crippen molar-refractivity contribution in [2.75, 3.05) is 19.6 Å². The molecule has 0 aliphatic carbocycles. The molecular weight excluding hydrogens is 424 g/mol. The number of halogens is 1. The molecule has 0 N–H and O–H groups in total. The number of hydrogen-bond acceptors (Lipinski definition) is 5. The van der Waals surface area contributed by atoms with E-state index in [1.54, 1.807) is 29.2 Å². The molecule has 0 bridgehead atoms. The molecule has 8 heteroatoms. The molecule has 30 heavy (non-hydrogen) atoms. The van der Waals surface area contributed by atoms with Gasteiger partial charge in [-0.1, -0.05) is 36.6 Å². The Balaban J connectivity index is 1.46. The number of likely N-dealkylation sites (tertiary alicyclic amines) is 1. The molecule has 6 nitrogen and oxygen atoms in total. The predicted molar refractivity (Wildman–Crippen MR) is 117 cm³/mol. The fourth-order valence-electron chi connectivity index (χ4n) is 3.55. The van der Waals surface area contributed by atoms with Crippen LogP contribution in [-0.4, -0.2) is 46.5 Å². The first kappa shape index (κ1) is 20.8. The first-order valence-electron chi connectivity index (χ1n) is 9.90. The average molecular weight is 445 g/mol. The number of thioether (sulfide) groups is 1. The van der Waals surface area contributed by atoms with Gasteiger partial charge in [0.1, 0.15) is 18.1 Å². The Labute approximate surface area is 183 Å². The van der Waals surface area contributed by atoms with Crippen LogP contribution < -0.4 is 0 Å². The second kappa shape index (κ2) is 9.10. The highest BCUT2D eigenvalue weighted by molar-refractivity contribution is 8.18. The summed E-state index contributed by atoms with van der Waals surface area (Å²) >= 11 is 6.84. The molecule has 1 aromatic carbocycles. The van der Waals surface area contributed by atoms with E-state index in [-0.39, 0.29) is 17.4 Å². The van der Waals surface area contributed by atoms with Crippen molar-refractivity contribution in [3.05, 3.63) is 52.1 Å². The van der Waals surface area contributed by atoms with Gasteiger partial charge >= 0.3 is 0 Å². The van der Waals surface area contributed by atoms with Gasteiger partial charge in [0, 0.05) is 29.8 Å². The Kier molecular flexibility index (Phi) is 6.29. The zero-order valence-corrected chi connectivity index (χ0v) is 17.9. The third kappa shape index (κ3) is 4.63. The maximum absolute atomic E-state index is 12.7. The van der Waals surface area contributed by atoms with Crippen LogP contribution in [-0.2, 0) is 9.59 Å². The number of hydrogen-bond donors (Lipinski definition) is 0. The van der Waals surface area contributed by atoms with Gasteiger partial charge in [-0.15, -0.1) is 0 Å². The molecule has 1 aromatic heterocycles. The summed E-state index contributed by atoms with van der Waals surface area (Å²) in [6.45, 7) is 1.15. The Morgan fingerprint density at radius 3 is 2.60 bits per heavy atom. The molecule has 2 saturated heterocycles. The lowest BCUT2D eigenvalue weighted by molar-refractivity contribution is -0.135. The van der Waals surface area contributed by atoms with Crippen LogP contribution in [0, 0.1) is 0 Å². The van der Waals surface area contributed by atoms with Crippen molar-refractivity contribution in [2.24, 2.45) is 0 Å². The van der Waals surface area contributed by atoms with E-state index >= 15 is 0 Å². The van der Waals surface area contributed by atoms with Crippen LogP contribution >= 0.6 is 23.4 Å². The lowest BCUT2D eigenvalue weighted by Gasteiger charge is -2.22. The fourth-order valence-corrected chi connectivity index (χ4v) is 4.56. The van der Waals surface area contributed by atoms with Crippen LogP contribution in [0.2, 0.25) is 5.02 Å². The molecule has 0 atom stereocenters. The number of rotatable bonds is 4. The highest BCUT2D eigenvalue weighted by Gasteiger charge is 2.37. The van der Waals surface area contributed by atoms with Gasteiger partial charge < -0.3 is 9.32 Å². The van der Waals surface area contributed by atoms with Crippen molar-refractivity contribution in [3.8, 4) is 11.3 Å². The zero-order valence-electron chi connectivity index (χ0n) is 16.3. The molecule has 2 aliphatic heterocycles. The molecule has 0 spiro atoms. The SMILES string of the molecule is O=C(CN1C(=O)S/C(=C\c2ccc(-c3cccc(Cl)c3)o2)C1=O)N1CCCCCC1. The van der Waals surface area contributed by atoms with E-state index in [0.717, 1.165) is 47.9 Å². The molecule has 3 heterocycles. The first-order valence-corrected chi connectivity index (χ1v) is 11.1. The van der Waals surface area contributed by atoms with E-state index in [0.29, 0.717) is 29.6 Å². The van der Waals surface area contributed by atoms with Crippen LogP contribution in [0.4, 0.5) is 4.79 Å². The van der Waals surface area contributed by atoms with Crippen LogP contribution in [0.5, 0.6) is 0 Å². The van der Waals surface area contributed by atoms with E-state index in [1.165, 1.54) is 6.08 Å². The molecule has 3 amide bonds. The summed E-state index contributed by atoms with van der Waals surface area (Å²) in [4.78, 5) is 40.7. The summed E-state index contributed by atoms with van der Waals surface area (Å²) < 4.78 is 5.79. The van der Waals surface area contributed by atoms with Crippen LogP contribution in [0.1, 0.15) is 31.4 Å². The molecule has 2 fully saturated rings. The Morgan fingerprint density at radius 1 is 1.10 bits per heavy atom. The van der Waals surface area contributed by atoms with Gasteiger partial charge in [0.2, 0.25) is 5.91 Å². The highest BCUT2D eigenvalue weighted by Crippen LogP contribution is 2.33. The van der Waals surface area contributed by atoms with Crippen molar-refractivity contribution in [3.63, 3.8) is 0 Å². The summed E-state index contributed by atoms with van der Waals surface area (Å²) in [6.07, 6.45) is 5.67. The van der Waals surface area contributed by atoms with Crippen LogP contribution in [0.15, 0.2) is 45.7 Å². The monoisotopic (exact) mass is 444 g/mol. The van der Waals surface area contributed by atoms with Gasteiger partial charge in [-0.25, -0.2) is 0 Å². The summed E-state index contributed by atoms with van der Waals surface area (Å²) in [5.41, 5.74) is 0.818. The van der Waals surface area contributed by atoms with E-state index in [2.05, 4.69) is 0 Å². The Bertz CT molecular complexity index is 1010. The van der Waals surface area contributed by atoms with Crippen molar-refractivity contribution in [1.82, 2.24) is 9.80 Å². The highest BCUT2D eigenvalue weighted by atomic mass is 35.5. The standard InChI is InChI=1S/C22H21ClN2O4S/c23-16-7-5-6-15(12-16)18-9-8-17(29-18)13-19-21(27)25(22(28)30-19)14-20(26)24-10-3-1-2-4-11-24/h5-9,12-13H,1-4,10-11,14H2/b19-13-. The minimum atomic E-state index is -0.464. The van der Waals surface area contributed by atoms with E-state index in [1.807, 2.05) is 12.1 Å². The van der Waals surface area contributed by atoms with Crippen molar-refractivity contribution in [1.29, 1.82) is 0 Å². The lowest BCUT2D eigenvalue weighted by atomic mass is 10.2. The third-order valence-corrected chi connectivity index (χ3v) is 6.28.